The van der Waals surface area contributed by atoms with E-state index in [1.807, 2.05) is 79.7 Å². The van der Waals surface area contributed by atoms with Crippen LogP contribution in [0.5, 0.6) is 5.75 Å². The summed E-state index contributed by atoms with van der Waals surface area (Å²) >= 11 is 3.63. The average molecular weight is 620 g/mol. The summed E-state index contributed by atoms with van der Waals surface area (Å²) in [6, 6.07) is 23.4. The van der Waals surface area contributed by atoms with Gasteiger partial charge in [-0.1, -0.05) is 101 Å². The van der Waals surface area contributed by atoms with E-state index in [0.29, 0.717) is 18.7 Å². The number of rotatable bonds is 10. The first-order valence-electron chi connectivity index (χ1n) is 14.7. The molecule has 0 aliphatic heterocycles. The largest absolute Gasteiger partial charge is 0.483 e. The van der Waals surface area contributed by atoms with E-state index in [9.17, 15) is 9.59 Å². The van der Waals surface area contributed by atoms with Crippen molar-refractivity contribution >= 4 is 27.7 Å². The summed E-state index contributed by atoms with van der Waals surface area (Å²) in [6.07, 6.45) is 5.85. The lowest BCUT2D eigenvalue weighted by Crippen LogP contribution is -2.53. The van der Waals surface area contributed by atoms with Crippen molar-refractivity contribution in [3.8, 4) is 5.75 Å². The van der Waals surface area contributed by atoms with Crippen molar-refractivity contribution in [1.29, 1.82) is 0 Å². The fourth-order valence-electron chi connectivity index (χ4n) is 5.38. The highest BCUT2D eigenvalue weighted by Gasteiger charge is 2.32. The van der Waals surface area contributed by atoms with Gasteiger partial charge in [-0.25, -0.2) is 0 Å². The Balaban J connectivity index is 1.62. The lowest BCUT2D eigenvalue weighted by molar-refractivity contribution is -0.143. The van der Waals surface area contributed by atoms with Crippen molar-refractivity contribution in [2.75, 3.05) is 6.61 Å². The second-order valence-corrected chi connectivity index (χ2v) is 13.0. The molecule has 1 fully saturated rings. The van der Waals surface area contributed by atoms with Crippen molar-refractivity contribution in [3.05, 3.63) is 99.5 Å². The summed E-state index contributed by atoms with van der Waals surface area (Å²) in [6.45, 7) is 8.68. The highest BCUT2D eigenvalue weighted by atomic mass is 79.9. The third-order valence-electron chi connectivity index (χ3n) is 7.97. The van der Waals surface area contributed by atoms with Crippen LogP contribution in [0, 0.1) is 6.92 Å². The maximum Gasteiger partial charge on any atom is 0.261 e. The number of hydrogen-bond acceptors (Lipinski definition) is 3. The van der Waals surface area contributed by atoms with Gasteiger partial charge in [-0.2, -0.15) is 0 Å². The van der Waals surface area contributed by atoms with Crippen LogP contribution >= 0.6 is 15.9 Å². The molecule has 1 N–H and O–H groups in total. The Morgan fingerprint density at radius 3 is 2.32 bits per heavy atom. The Labute approximate surface area is 253 Å². The van der Waals surface area contributed by atoms with E-state index in [1.54, 1.807) is 4.90 Å². The third kappa shape index (κ3) is 8.68. The molecule has 1 aliphatic carbocycles. The lowest BCUT2D eigenvalue weighted by atomic mass is 9.87. The number of nitrogens with zero attached hydrogens (tertiary/aromatic N) is 1. The van der Waals surface area contributed by atoms with E-state index in [0.717, 1.165) is 46.8 Å². The van der Waals surface area contributed by atoms with Gasteiger partial charge in [0.05, 0.1) is 4.47 Å². The zero-order valence-electron chi connectivity index (χ0n) is 24.8. The number of hydrogen-bond donors (Lipinski definition) is 1. The number of nitrogens with one attached hydrogen (secondary N) is 1. The number of ether oxygens (including phenoxy) is 1. The molecule has 1 atom stereocenters. The van der Waals surface area contributed by atoms with E-state index in [2.05, 4.69) is 42.0 Å². The number of aryl methyl sites for hydroxylation is 1. The molecule has 5 nitrogen and oxygen atoms in total. The Bertz CT molecular complexity index is 1310. The maximum absolute atomic E-state index is 14.0. The molecule has 0 saturated heterocycles. The molecular formula is C35H43BrN2O3. The Kier molecular flexibility index (Phi) is 10.7. The molecule has 1 unspecified atom stereocenters. The van der Waals surface area contributed by atoms with Gasteiger partial charge < -0.3 is 15.0 Å². The topological polar surface area (TPSA) is 58.6 Å². The maximum atomic E-state index is 14.0. The van der Waals surface area contributed by atoms with Gasteiger partial charge in [-0.05, 0) is 75.5 Å². The fourth-order valence-corrected chi connectivity index (χ4v) is 5.87. The van der Waals surface area contributed by atoms with Crippen molar-refractivity contribution < 1.29 is 14.3 Å². The zero-order valence-corrected chi connectivity index (χ0v) is 26.4. The van der Waals surface area contributed by atoms with Gasteiger partial charge >= 0.3 is 0 Å². The molecule has 3 aromatic rings. The van der Waals surface area contributed by atoms with Gasteiger partial charge in [-0.15, -0.1) is 0 Å². The fraction of sp³-hybridized carbons (Fsp3) is 0.429. The van der Waals surface area contributed by atoms with Crippen molar-refractivity contribution in [2.24, 2.45) is 0 Å². The van der Waals surface area contributed by atoms with Crippen molar-refractivity contribution in [1.82, 2.24) is 10.2 Å². The van der Waals surface area contributed by atoms with Gasteiger partial charge in [0.1, 0.15) is 11.8 Å². The molecule has 1 aliphatic rings. The Morgan fingerprint density at radius 2 is 1.66 bits per heavy atom. The van der Waals surface area contributed by atoms with Gasteiger partial charge in [-0.3, -0.25) is 9.59 Å². The number of carbonyl (C=O) groups excluding carboxylic acids is 2. The summed E-state index contributed by atoms with van der Waals surface area (Å²) in [5, 5.41) is 3.30. The molecule has 6 heteroatoms. The summed E-state index contributed by atoms with van der Waals surface area (Å²) in [7, 11) is 0. The first kappa shape index (κ1) is 30.8. The second kappa shape index (κ2) is 14.2. The number of carbonyl (C=O) groups is 2. The predicted molar refractivity (Wildman–Crippen MR) is 169 cm³/mol. The van der Waals surface area contributed by atoms with Crippen LogP contribution in [0.1, 0.15) is 75.1 Å². The minimum absolute atomic E-state index is 0.00241. The first-order valence-corrected chi connectivity index (χ1v) is 15.5. The molecule has 1 saturated carbocycles. The average Bonchev–Trinajstić information content (AvgIpc) is 2.95. The van der Waals surface area contributed by atoms with Crippen LogP contribution in [0.15, 0.2) is 77.3 Å². The predicted octanol–water partition coefficient (Wildman–Crippen LogP) is 7.52. The minimum atomic E-state index is -0.665. The summed E-state index contributed by atoms with van der Waals surface area (Å²) < 4.78 is 6.88. The highest BCUT2D eigenvalue weighted by Crippen LogP contribution is 2.31. The first-order chi connectivity index (χ1) is 19.6. The van der Waals surface area contributed by atoms with Gasteiger partial charge in [0, 0.05) is 19.0 Å². The van der Waals surface area contributed by atoms with E-state index < -0.39 is 6.04 Å². The van der Waals surface area contributed by atoms with Gasteiger partial charge in [0.2, 0.25) is 5.91 Å². The minimum Gasteiger partial charge on any atom is -0.483 e. The van der Waals surface area contributed by atoms with Crippen molar-refractivity contribution in [3.63, 3.8) is 0 Å². The molecule has 4 rings (SSSR count). The molecule has 0 heterocycles. The summed E-state index contributed by atoms with van der Waals surface area (Å²) in [5.41, 5.74) is 4.28. The third-order valence-corrected chi connectivity index (χ3v) is 8.59. The quantitative estimate of drug-likeness (QED) is 0.255. The van der Waals surface area contributed by atoms with E-state index in [1.165, 1.54) is 12.0 Å². The summed E-state index contributed by atoms with van der Waals surface area (Å²) in [4.78, 5) is 29.7. The molecular weight excluding hydrogens is 576 g/mol. The SMILES string of the molecule is Cc1ccccc1CN(C(=O)COc1ccc(C(C)(C)C)cc1Br)C(Cc1ccccc1)C(=O)NC1CCCCC1. The van der Waals surface area contributed by atoms with Crippen LogP contribution in [0.2, 0.25) is 0 Å². The molecule has 0 bridgehead atoms. The molecule has 0 spiro atoms. The van der Waals surface area contributed by atoms with E-state index in [-0.39, 0.29) is 29.9 Å². The van der Waals surface area contributed by atoms with Crippen LogP contribution in [0.3, 0.4) is 0 Å². The van der Waals surface area contributed by atoms with Crippen molar-refractivity contribution in [2.45, 2.75) is 90.3 Å². The van der Waals surface area contributed by atoms with Crippen LogP contribution in [-0.2, 0) is 28.0 Å². The van der Waals surface area contributed by atoms with Gasteiger partial charge in [0.25, 0.3) is 5.91 Å². The molecule has 2 amide bonds. The van der Waals surface area contributed by atoms with Crippen LogP contribution in [0.25, 0.3) is 0 Å². The molecule has 0 aromatic heterocycles. The zero-order chi connectivity index (χ0) is 29.4. The molecule has 218 valence electrons. The standard InChI is InChI=1S/C35H43BrN2O3/c1-25-13-11-12-16-27(25)23-38(33(39)24-41-32-20-19-28(22-30(32)36)35(2,3)4)31(21-26-14-7-5-8-15-26)34(40)37-29-17-9-6-10-18-29/h5,7-8,11-16,19-20,22,29,31H,6,9-10,17-18,21,23-24H2,1-4H3,(H,37,40). The monoisotopic (exact) mass is 618 g/mol. The Morgan fingerprint density at radius 1 is 0.976 bits per heavy atom. The second-order valence-electron chi connectivity index (χ2n) is 12.2. The summed E-state index contributed by atoms with van der Waals surface area (Å²) in [5.74, 6) is 0.284. The Hall–Kier alpha value is -3.12. The van der Waals surface area contributed by atoms with Crippen LogP contribution < -0.4 is 10.1 Å². The molecule has 0 radical (unpaired) electrons. The molecule has 41 heavy (non-hydrogen) atoms. The highest BCUT2D eigenvalue weighted by molar-refractivity contribution is 9.10. The van der Waals surface area contributed by atoms with Gasteiger partial charge in [0.15, 0.2) is 6.61 Å². The van der Waals surface area contributed by atoms with Crippen LogP contribution in [0.4, 0.5) is 0 Å². The number of amides is 2. The van der Waals surface area contributed by atoms with Crippen LogP contribution in [-0.4, -0.2) is 35.4 Å². The normalized spacial score (nSPS) is 14.8. The lowest BCUT2D eigenvalue weighted by Gasteiger charge is -2.33. The molecule has 3 aromatic carbocycles. The van der Waals surface area contributed by atoms with E-state index >= 15 is 0 Å². The smallest absolute Gasteiger partial charge is 0.261 e. The van der Waals surface area contributed by atoms with E-state index in [4.69, 9.17) is 4.74 Å². The number of halogens is 1. The number of benzene rings is 3.